The summed E-state index contributed by atoms with van der Waals surface area (Å²) in [5.41, 5.74) is 7.35. The predicted molar refractivity (Wildman–Crippen MR) is 20.2 cm³/mol. The molecule has 0 saturated carbocycles. The number of nitrogens with zero attached hydrogens (tertiary/aromatic N) is 3. The number of aldehydes is 1. The highest BCUT2D eigenvalue weighted by Gasteiger charge is 2.24. The van der Waals surface area contributed by atoms with E-state index in [0.29, 0.717) is 0 Å². The molecule has 0 amide bonds. The van der Waals surface area contributed by atoms with Crippen LogP contribution in [0.5, 0.6) is 0 Å². The summed E-state index contributed by atoms with van der Waals surface area (Å²) >= 11 is 0. The van der Waals surface area contributed by atoms with Crippen LogP contribution in [0.25, 0.3) is 10.4 Å². The van der Waals surface area contributed by atoms with Gasteiger partial charge in [0.05, 0.1) is 0 Å². The first-order valence-corrected chi connectivity index (χ1v) is 1.53. The fourth-order valence-electron chi connectivity index (χ4n) is 0.0832. The lowest BCUT2D eigenvalue weighted by atomic mass is 10.7. The zero-order valence-corrected chi connectivity index (χ0v) is 3.58. The molecule has 0 spiro atoms. The highest BCUT2D eigenvalue weighted by molar-refractivity contribution is 5.58. The standard InChI is InChI=1S/C2HF2N3O/c3-2(4,1-8)6-7-5/h1H. The Labute approximate surface area is 42.7 Å². The van der Waals surface area contributed by atoms with Gasteiger partial charge >= 0.3 is 6.05 Å². The van der Waals surface area contributed by atoms with Crippen LogP contribution in [-0.2, 0) is 4.79 Å². The van der Waals surface area contributed by atoms with E-state index in [-0.39, 0.29) is 0 Å². The van der Waals surface area contributed by atoms with Gasteiger partial charge in [-0.1, -0.05) is 0 Å². The Hall–Kier alpha value is -1.16. The second-order valence-electron chi connectivity index (χ2n) is 0.895. The summed E-state index contributed by atoms with van der Waals surface area (Å²) in [5.74, 6) is 0. The second-order valence-corrected chi connectivity index (χ2v) is 0.895. The lowest BCUT2D eigenvalue weighted by Crippen LogP contribution is -2.11. The van der Waals surface area contributed by atoms with Crippen molar-refractivity contribution < 1.29 is 13.6 Å². The van der Waals surface area contributed by atoms with Crippen LogP contribution in [0.1, 0.15) is 0 Å². The van der Waals surface area contributed by atoms with Crippen LogP contribution in [0, 0.1) is 0 Å². The van der Waals surface area contributed by atoms with Crippen LogP contribution in [0.3, 0.4) is 0 Å². The Balaban J connectivity index is 4.11. The quantitative estimate of drug-likeness (QED) is 0.177. The van der Waals surface area contributed by atoms with Crippen LogP contribution in [-0.4, -0.2) is 12.3 Å². The van der Waals surface area contributed by atoms with Gasteiger partial charge in [0.15, 0.2) is 6.29 Å². The summed E-state index contributed by atoms with van der Waals surface area (Å²) < 4.78 is 22.7. The minimum Gasteiger partial charge on any atom is -0.297 e. The molecule has 0 radical (unpaired) electrons. The minimum absolute atomic E-state index is 0.729. The van der Waals surface area contributed by atoms with E-state index in [0.717, 1.165) is 0 Å². The molecule has 0 heterocycles. The van der Waals surface area contributed by atoms with Gasteiger partial charge in [-0.25, -0.2) is 0 Å². The first-order valence-electron chi connectivity index (χ1n) is 1.53. The molecule has 0 bridgehead atoms. The van der Waals surface area contributed by atoms with E-state index >= 15 is 0 Å². The molecule has 0 aromatic rings. The molecule has 0 fully saturated rings. The van der Waals surface area contributed by atoms with Crippen LogP contribution in [0.4, 0.5) is 8.78 Å². The molecule has 0 atom stereocenters. The Kier molecular flexibility index (Phi) is 1.90. The predicted octanol–water partition coefficient (Wildman–Crippen LogP) is 1.09. The molecule has 0 N–H and O–H groups in total. The molecule has 0 saturated heterocycles. The van der Waals surface area contributed by atoms with Gasteiger partial charge in [0, 0.05) is 4.91 Å². The third-order valence-electron chi connectivity index (χ3n) is 0.320. The Morgan fingerprint density at radius 3 is 2.38 bits per heavy atom. The number of carbonyl (C=O) groups is 1. The van der Waals surface area contributed by atoms with E-state index in [4.69, 9.17) is 5.53 Å². The van der Waals surface area contributed by atoms with E-state index in [2.05, 4.69) is 0 Å². The maximum absolute atomic E-state index is 11.4. The molecule has 0 aliphatic rings. The summed E-state index contributed by atoms with van der Waals surface area (Å²) in [6.07, 6.45) is -0.729. The van der Waals surface area contributed by atoms with E-state index < -0.39 is 12.3 Å². The third-order valence-corrected chi connectivity index (χ3v) is 0.320. The zero-order chi connectivity index (χ0) is 6.62. The second kappa shape index (κ2) is 2.23. The number of alkyl halides is 2. The van der Waals surface area contributed by atoms with Crippen LogP contribution >= 0.6 is 0 Å². The first kappa shape index (κ1) is 6.84. The summed E-state index contributed by atoms with van der Waals surface area (Å²) in [7, 11) is 0. The molecule has 0 aliphatic carbocycles. The van der Waals surface area contributed by atoms with Gasteiger partial charge < -0.3 is 0 Å². The molecule has 0 aromatic carbocycles. The maximum Gasteiger partial charge on any atom is 0.379 e. The van der Waals surface area contributed by atoms with Gasteiger partial charge in [0.25, 0.3) is 0 Å². The topological polar surface area (TPSA) is 65.8 Å². The van der Waals surface area contributed by atoms with Crippen LogP contribution in [0.2, 0.25) is 0 Å². The molecular formula is C2HF2N3O. The fraction of sp³-hybridized carbons (Fsp3) is 0.500. The summed E-state index contributed by atoms with van der Waals surface area (Å²) in [4.78, 5) is 10.9. The number of halogens is 2. The van der Waals surface area contributed by atoms with Gasteiger partial charge in [-0.2, -0.15) is 8.78 Å². The normalized spacial score (nSPS) is 9.75. The monoisotopic (exact) mass is 121 g/mol. The molecule has 6 heteroatoms. The van der Waals surface area contributed by atoms with Crippen molar-refractivity contribution in [3.8, 4) is 0 Å². The van der Waals surface area contributed by atoms with E-state index in [9.17, 15) is 13.6 Å². The van der Waals surface area contributed by atoms with Crippen molar-refractivity contribution in [3.05, 3.63) is 10.4 Å². The van der Waals surface area contributed by atoms with Crippen molar-refractivity contribution in [3.63, 3.8) is 0 Å². The lowest BCUT2D eigenvalue weighted by molar-refractivity contribution is -0.128. The first-order chi connectivity index (χ1) is 3.62. The molecule has 8 heavy (non-hydrogen) atoms. The van der Waals surface area contributed by atoms with Crippen molar-refractivity contribution in [2.75, 3.05) is 0 Å². The number of hydrogen-bond acceptors (Lipinski definition) is 2. The van der Waals surface area contributed by atoms with Crippen molar-refractivity contribution in [1.82, 2.24) is 0 Å². The van der Waals surface area contributed by atoms with Crippen molar-refractivity contribution >= 4 is 6.29 Å². The highest BCUT2D eigenvalue weighted by atomic mass is 19.3. The molecular weight excluding hydrogens is 120 g/mol. The number of hydrogen-bond donors (Lipinski definition) is 0. The van der Waals surface area contributed by atoms with Gasteiger partial charge in [-0.15, -0.1) is 0 Å². The molecule has 0 rings (SSSR count). The highest BCUT2D eigenvalue weighted by Crippen LogP contribution is 2.09. The van der Waals surface area contributed by atoms with E-state index in [1.54, 1.807) is 4.91 Å². The lowest BCUT2D eigenvalue weighted by Gasteiger charge is -1.93. The number of rotatable bonds is 2. The Bertz CT molecular complexity index is 138. The van der Waals surface area contributed by atoms with Crippen molar-refractivity contribution in [1.29, 1.82) is 0 Å². The van der Waals surface area contributed by atoms with Crippen LogP contribution < -0.4 is 0 Å². The summed E-state index contributed by atoms with van der Waals surface area (Å²) in [6.45, 7) is 0. The Morgan fingerprint density at radius 1 is 1.75 bits per heavy atom. The average molecular weight is 121 g/mol. The maximum atomic E-state index is 11.4. The van der Waals surface area contributed by atoms with Crippen molar-refractivity contribution in [2.45, 2.75) is 6.05 Å². The molecule has 0 aliphatic heterocycles. The fourth-order valence-corrected chi connectivity index (χ4v) is 0.0832. The number of azide groups is 1. The summed E-state index contributed by atoms with van der Waals surface area (Å²) in [6, 6.07) is -3.88. The number of carbonyl (C=O) groups excluding carboxylic acids is 1. The smallest absolute Gasteiger partial charge is 0.297 e. The van der Waals surface area contributed by atoms with Crippen LogP contribution in [0.15, 0.2) is 5.11 Å². The molecule has 44 valence electrons. The third kappa shape index (κ3) is 2.09. The van der Waals surface area contributed by atoms with E-state index in [1.165, 1.54) is 0 Å². The largest absolute Gasteiger partial charge is 0.379 e. The van der Waals surface area contributed by atoms with E-state index in [1.807, 2.05) is 5.11 Å². The molecule has 0 unspecified atom stereocenters. The van der Waals surface area contributed by atoms with Crippen molar-refractivity contribution in [2.24, 2.45) is 5.11 Å². The Morgan fingerprint density at radius 2 is 2.25 bits per heavy atom. The summed E-state index contributed by atoms with van der Waals surface area (Å²) in [5, 5.41) is 1.85. The minimum atomic E-state index is -3.88. The average Bonchev–Trinajstić information content (AvgIpc) is 1.67. The van der Waals surface area contributed by atoms with Gasteiger partial charge in [0.1, 0.15) is 0 Å². The molecule has 0 aromatic heterocycles. The van der Waals surface area contributed by atoms with Gasteiger partial charge in [-0.05, 0) is 10.6 Å². The SMILES string of the molecule is [N-]=[N+]=NC(F)(F)C=O. The zero-order valence-electron chi connectivity index (χ0n) is 3.58. The molecule has 4 nitrogen and oxygen atoms in total. The van der Waals surface area contributed by atoms with Gasteiger partial charge in [-0.3, -0.25) is 4.79 Å². The van der Waals surface area contributed by atoms with Gasteiger partial charge in [0.2, 0.25) is 0 Å².